The van der Waals surface area contributed by atoms with Gasteiger partial charge in [-0.2, -0.15) is 17.6 Å². The second-order valence-electron chi connectivity index (χ2n) is 7.81. The minimum atomic E-state index is -3.81. The van der Waals surface area contributed by atoms with Crippen LogP contribution in [0.15, 0.2) is 83.9 Å². The summed E-state index contributed by atoms with van der Waals surface area (Å²) in [6.07, 6.45) is 1.56. The molecule has 0 spiro atoms. The molecule has 0 atom stereocenters. The van der Waals surface area contributed by atoms with Crippen LogP contribution in [0, 0.1) is 5.82 Å². The van der Waals surface area contributed by atoms with Crippen molar-refractivity contribution in [2.24, 2.45) is 0 Å². The third-order valence-electron chi connectivity index (χ3n) is 5.43. The van der Waals surface area contributed by atoms with Gasteiger partial charge in [-0.05, 0) is 60.5 Å². The Labute approximate surface area is 179 Å². The molecule has 0 aliphatic heterocycles. The fraction of sp³-hybridized carbons (Fsp3) is 0.125. The first-order valence-corrected chi connectivity index (χ1v) is 11.4. The first kappa shape index (κ1) is 19.5. The van der Waals surface area contributed by atoms with Gasteiger partial charge in [-0.15, -0.1) is 0 Å². The number of nitrogens with zero attached hydrogens (tertiary/aromatic N) is 3. The molecule has 0 radical (unpaired) electrons. The largest absolute Gasteiger partial charge is 0.313 e. The van der Waals surface area contributed by atoms with Gasteiger partial charge in [0.05, 0.1) is 22.1 Å². The predicted octanol–water partition coefficient (Wildman–Crippen LogP) is 5.48. The fourth-order valence-electron chi connectivity index (χ4n) is 3.91. The summed E-state index contributed by atoms with van der Waals surface area (Å²) in [5.41, 5.74) is 3.34. The van der Waals surface area contributed by atoms with Gasteiger partial charge in [0.25, 0.3) is 10.0 Å². The van der Waals surface area contributed by atoms with Gasteiger partial charge in [-0.1, -0.05) is 32.0 Å². The molecule has 5 aromatic rings. The Morgan fingerprint density at radius 2 is 1.55 bits per heavy atom. The SMILES string of the molecule is CC(C)c1cc2cc3c(cnn3S(=O)(=O)c3ccccc3)cc2n1-c1ccc(F)cc1. The highest BCUT2D eigenvalue weighted by molar-refractivity contribution is 7.90. The number of hydrogen-bond acceptors (Lipinski definition) is 3. The summed E-state index contributed by atoms with van der Waals surface area (Å²) in [5.74, 6) is -0.0776. The summed E-state index contributed by atoms with van der Waals surface area (Å²) >= 11 is 0. The van der Waals surface area contributed by atoms with Crippen molar-refractivity contribution in [2.45, 2.75) is 24.7 Å². The van der Waals surface area contributed by atoms with E-state index in [4.69, 9.17) is 0 Å². The molecule has 0 N–H and O–H groups in total. The van der Waals surface area contributed by atoms with Crippen LogP contribution >= 0.6 is 0 Å². The molecule has 0 saturated carbocycles. The number of hydrogen-bond donors (Lipinski definition) is 0. The van der Waals surface area contributed by atoms with Gasteiger partial charge in [0.2, 0.25) is 0 Å². The molecule has 0 unspecified atom stereocenters. The van der Waals surface area contributed by atoms with Gasteiger partial charge in [0.1, 0.15) is 5.82 Å². The molecule has 0 aliphatic rings. The smallest absolute Gasteiger partial charge is 0.283 e. The number of aromatic nitrogens is 3. The molecule has 0 aliphatic carbocycles. The first-order valence-electron chi connectivity index (χ1n) is 9.96. The Hall–Kier alpha value is -3.45. The highest BCUT2D eigenvalue weighted by atomic mass is 32.2. The van der Waals surface area contributed by atoms with Crippen LogP contribution in [-0.4, -0.2) is 22.2 Å². The second kappa shape index (κ2) is 7.06. The third kappa shape index (κ3) is 3.13. The van der Waals surface area contributed by atoms with Crippen molar-refractivity contribution in [3.05, 3.63) is 90.5 Å². The standard InChI is InChI=1S/C24H20FN3O2S/c1-16(2)22-12-17-13-24-18(14-23(17)27(22)20-10-8-19(25)9-11-20)15-26-28(24)31(29,30)21-6-4-3-5-7-21/h3-16H,1-2H3. The van der Waals surface area contributed by atoms with Gasteiger partial charge >= 0.3 is 0 Å². The molecule has 0 saturated heterocycles. The summed E-state index contributed by atoms with van der Waals surface area (Å²) in [6, 6.07) is 20.5. The van der Waals surface area contributed by atoms with Gasteiger partial charge in [-0.25, -0.2) is 4.39 Å². The van der Waals surface area contributed by atoms with Crippen molar-refractivity contribution in [1.82, 2.24) is 13.8 Å². The molecule has 0 bridgehead atoms. The highest BCUT2D eigenvalue weighted by Crippen LogP contribution is 2.33. The van der Waals surface area contributed by atoms with Crippen LogP contribution in [0.4, 0.5) is 4.39 Å². The van der Waals surface area contributed by atoms with Gasteiger partial charge in [-0.3, -0.25) is 0 Å². The van der Waals surface area contributed by atoms with E-state index in [0.29, 0.717) is 10.9 Å². The van der Waals surface area contributed by atoms with E-state index >= 15 is 0 Å². The summed E-state index contributed by atoms with van der Waals surface area (Å²) in [4.78, 5) is 0.187. The van der Waals surface area contributed by atoms with Crippen molar-refractivity contribution >= 4 is 31.8 Å². The molecule has 156 valence electrons. The normalized spacial score (nSPS) is 12.3. The van der Waals surface area contributed by atoms with E-state index < -0.39 is 10.0 Å². The Bertz CT molecular complexity index is 1520. The Kier molecular flexibility index (Phi) is 4.44. The monoisotopic (exact) mass is 433 g/mol. The summed E-state index contributed by atoms with van der Waals surface area (Å²) in [5, 5.41) is 5.79. The molecule has 7 heteroatoms. The molecule has 5 rings (SSSR count). The van der Waals surface area contributed by atoms with Crippen LogP contribution in [-0.2, 0) is 10.0 Å². The van der Waals surface area contributed by atoms with Gasteiger partial charge in [0.15, 0.2) is 0 Å². The lowest BCUT2D eigenvalue weighted by Gasteiger charge is -2.13. The molecular weight excluding hydrogens is 413 g/mol. The maximum Gasteiger partial charge on any atom is 0.283 e. The molecule has 31 heavy (non-hydrogen) atoms. The number of halogens is 1. The number of rotatable bonds is 4. The molecule has 3 aromatic carbocycles. The quantitative estimate of drug-likeness (QED) is 0.377. The van der Waals surface area contributed by atoms with Gasteiger partial charge < -0.3 is 4.57 Å². The first-order chi connectivity index (χ1) is 14.9. The van der Waals surface area contributed by atoms with Crippen molar-refractivity contribution in [3.8, 4) is 5.69 Å². The average Bonchev–Trinajstić information content (AvgIpc) is 3.35. The highest BCUT2D eigenvalue weighted by Gasteiger charge is 2.22. The Morgan fingerprint density at radius 3 is 2.23 bits per heavy atom. The minimum Gasteiger partial charge on any atom is -0.313 e. The molecule has 2 aromatic heterocycles. The third-order valence-corrected chi connectivity index (χ3v) is 7.05. The van der Waals surface area contributed by atoms with Crippen molar-refractivity contribution < 1.29 is 12.8 Å². The average molecular weight is 434 g/mol. The van der Waals surface area contributed by atoms with E-state index in [-0.39, 0.29) is 16.6 Å². The predicted molar refractivity (Wildman–Crippen MR) is 120 cm³/mol. The zero-order valence-corrected chi connectivity index (χ0v) is 17.8. The molecule has 2 heterocycles. The molecule has 0 amide bonds. The van der Waals surface area contributed by atoms with Crippen LogP contribution in [0.3, 0.4) is 0 Å². The second-order valence-corrected chi connectivity index (χ2v) is 9.58. The van der Waals surface area contributed by atoms with Crippen LogP contribution in [0.5, 0.6) is 0 Å². The Morgan fingerprint density at radius 1 is 0.871 bits per heavy atom. The van der Waals surface area contributed by atoms with Crippen LogP contribution in [0.2, 0.25) is 0 Å². The molecule has 5 nitrogen and oxygen atoms in total. The maximum absolute atomic E-state index is 13.5. The lowest BCUT2D eigenvalue weighted by Crippen LogP contribution is -2.14. The van der Waals surface area contributed by atoms with E-state index in [1.54, 1.807) is 48.7 Å². The molecule has 0 fully saturated rings. The maximum atomic E-state index is 13.5. The van der Waals surface area contributed by atoms with Crippen molar-refractivity contribution in [1.29, 1.82) is 0 Å². The molecular formula is C24H20FN3O2S. The summed E-state index contributed by atoms with van der Waals surface area (Å²) in [7, 11) is -3.81. The van der Waals surface area contributed by atoms with E-state index in [9.17, 15) is 12.8 Å². The van der Waals surface area contributed by atoms with Crippen molar-refractivity contribution in [3.63, 3.8) is 0 Å². The van der Waals surface area contributed by atoms with Crippen LogP contribution < -0.4 is 0 Å². The number of benzene rings is 3. The van der Waals surface area contributed by atoms with E-state index in [0.717, 1.165) is 26.4 Å². The van der Waals surface area contributed by atoms with Crippen LogP contribution in [0.25, 0.3) is 27.5 Å². The summed E-state index contributed by atoms with van der Waals surface area (Å²) < 4.78 is 42.9. The van der Waals surface area contributed by atoms with E-state index in [1.807, 2.05) is 12.1 Å². The zero-order chi connectivity index (χ0) is 21.8. The minimum absolute atomic E-state index is 0.187. The Balaban J connectivity index is 1.77. The topological polar surface area (TPSA) is 56.9 Å². The van der Waals surface area contributed by atoms with Gasteiger partial charge in [0, 0.05) is 22.2 Å². The number of fused-ring (bicyclic) bond motifs is 2. The van der Waals surface area contributed by atoms with E-state index in [2.05, 4.69) is 29.6 Å². The summed E-state index contributed by atoms with van der Waals surface area (Å²) in [6.45, 7) is 4.19. The van der Waals surface area contributed by atoms with Crippen molar-refractivity contribution in [2.75, 3.05) is 0 Å². The lowest BCUT2D eigenvalue weighted by molar-refractivity contribution is 0.582. The lowest BCUT2D eigenvalue weighted by atomic mass is 10.1. The fourth-order valence-corrected chi connectivity index (χ4v) is 5.20. The zero-order valence-electron chi connectivity index (χ0n) is 17.0. The van der Waals surface area contributed by atoms with Crippen LogP contribution in [0.1, 0.15) is 25.5 Å². The van der Waals surface area contributed by atoms with E-state index in [1.165, 1.54) is 12.1 Å².